The summed E-state index contributed by atoms with van der Waals surface area (Å²) in [7, 11) is 2.18. The van der Waals surface area contributed by atoms with E-state index in [0.717, 1.165) is 11.6 Å². The average molecular weight is 282 g/mol. The molecule has 0 aliphatic heterocycles. The molecule has 1 aromatic rings. The van der Waals surface area contributed by atoms with Crippen LogP contribution in [0.25, 0.3) is 0 Å². The quantitative estimate of drug-likeness (QED) is 0.901. The Bertz CT molecular complexity index is 427. The monoisotopic (exact) mass is 282 g/mol. The molecule has 0 amide bonds. The zero-order chi connectivity index (χ0) is 13.8. The Morgan fingerprint density at radius 2 is 2.21 bits per heavy atom. The van der Waals surface area contributed by atoms with Crippen molar-refractivity contribution in [3.8, 4) is 0 Å². The highest BCUT2D eigenvalue weighted by Crippen LogP contribution is 2.25. The fourth-order valence-corrected chi connectivity index (χ4v) is 3.64. The Labute approximate surface area is 118 Å². The standard InChI is InChI=1S/C14H22N2O2S/c1-10(13-15-12(9-19-13)14(17)18)8-16(2)11-6-4-3-5-7-11/h9-11H,3-8H2,1-2H3,(H,17,18). The van der Waals surface area contributed by atoms with Crippen molar-refractivity contribution in [1.29, 1.82) is 0 Å². The topological polar surface area (TPSA) is 53.4 Å². The number of carboxylic acids is 1. The number of carboxylic acid groups (broad SMARTS) is 1. The molecule has 1 aromatic heterocycles. The second-order valence-electron chi connectivity index (χ2n) is 5.51. The number of thiazole rings is 1. The Morgan fingerprint density at radius 3 is 2.79 bits per heavy atom. The van der Waals surface area contributed by atoms with E-state index in [4.69, 9.17) is 5.11 Å². The van der Waals surface area contributed by atoms with E-state index >= 15 is 0 Å². The Morgan fingerprint density at radius 1 is 1.53 bits per heavy atom. The lowest BCUT2D eigenvalue weighted by Crippen LogP contribution is -2.35. The van der Waals surface area contributed by atoms with E-state index in [1.54, 1.807) is 5.38 Å². The van der Waals surface area contributed by atoms with Crippen LogP contribution < -0.4 is 0 Å². The molecule has 5 heteroatoms. The largest absolute Gasteiger partial charge is 0.476 e. The minimum Gasteiger partial charge on any atom is -0.476 e. The van der Waals surface area contributed by atoms with Gasteiger partial charge in [0.05, 0.1) is 5.01 Å². The molecule has 0 bridgehead atoms. The lowest BCUT2D eigenvalue weighted by atomic mass is 9.94. The molecule has 1 aliphatic carbocycles. The van der Waals surface area contributed by atoms with E-state index in [1.807, 2.05) is 0 Å². The first-order chi connectivity index (χ1) is 9.08. The van der Waals surface area contributed by atoms with Crippen molar-refractivity contribution in [1.82, 2.24) is 9.88 Å². The van der Waals surface area contributed by atoms with Gasteiger partial charge in [-0.3, -0.25) is 0 Å². The summed E-state index contributed by atoms with van der Waals surface area (Å²) in [6.07, 6.45) is 6.63. The lowest BCUT2D eigenvalue weighted by molar-refractivity contribution is 0.0691. The Kier molecular flexibility index (Phi) is 4.93. The average Bonchev–Trinajstić information content (AvgIpc) is 2.89. The van der Waals surface area contributed by atoms with Crippen LogP contribution in [0.1, 0.15) is 60.4 Å². The van der Waals surface area contributed by atoms with Gasteiger partial charge in [-0.15, -0.1) is 11.3 Å². The maximum absolute atomic E-state index is 10.8. The fourth-order valence-electron chi connectivity index (χ4n) is 2.79. The summed E-state index contributed by atoms with van der Waals surface area (Å²) in [6, 6.07) is 0.690. The van der Waals surface area contributed by atoms with E-state index in [1.165, 1.54) is 43.4 Å². The number of carbonyl (C=O) groups is 1. The van der Waals surface area contributed by atoms with Gasteiger partial charge in [0.2, 0.25) is 0 Å². The molecule has 1 N–H and O–H groups in total. The molecule has 2 rings (SSSR count). The number of aromatic carboxylic acids is 1. The second-order valence-corrected chi connectivity index (χ2v) is 6.40. The normalized spacial score (nSPS) is 18.7. The highest BCUT2D eigenvalue weighted by atomic mass is 32.1. The van der Waals surface area contributed by atoms with Gasteiger partial charge >= 0.3 is 5.97 Å². The number of likely N-dealkylation sites (N-methyl/N-ethyl adjacent to an activating group) is 1. The third kappa shape index (κ3) is 3.76. The number of hydrogen-bond donors (Lipinski definition) is 1. The molecule has 1 aliphatic rings. The molecule has 106 valence electrons. The molecule has 0 spiro atoms. The first-order valence-electron chi connectivity index (χ1n) is 6.97. The van der Waals surface area contributed by atoms with Gasteiger partial charge < -0.3 is 10.0 Å². The van der Waals surface area contributed by atoms with Crippen LogP contribution in [0.15, 0.2) is 5.38 Å². The maximum atomic E-state index is 10.8. The van der Waals surface area contributed by atoms with Gasteiger partial charge in [-0.25, -0.2) is 9.78 Å². The maximum Gasteiger partial charge on any atom is 0.355 e. The molecular weight excluding hydrogens is 260 g/mol. The smallest absolute Gasteiger partial charge is 0.355 e. The van der Waals surface area contributed by atoms with Gasteiger partial charge in [0.15, 0.2) is 5.69 Å². The van der Waals surface area contributed by atoms with Gasteiger partial charge in [-0.1, -0.05) is 26.2 Å². The minimum absolute atomic E-state index is 0.173. The highest BCUT2D eigenvalue weighted by molar-refractivity contribution is 7.09. The summed E-state index contributed by atoms with van der Waals surface area (Å²) >= 11 is 1.46. The summed E-state index contributed by atoms with van der Waals surface area (Å²) in [5, 5.41) is 11.5. The third-order valence-electron chi connectivity index (χ3n) is 3.92. The summed E-state index contributed by atoms with van der Waals surface area (Å²) in [6.45, 7) is 3.08. The van der Waals surface area contributed by atoms with Crippen LogP contribution in [-0.4, -0.2) is 40.6 Å². The summed E-state index contributed by atoms with van der Waals surface area (Å²) in [5.74, 6) is -0.639. The molecule has 19 heavy (non-hydrogen) atoms. The van der Waals surface area contributed by atoms with Gasteiger partial charge in [0.1, 0.15) is 0 Å². The highest BCUT2D eigenvalue weighted by Gasteiger charge is 2.21. The lowest BCUT2D eigenvalue weighted by Gasteiger charge is -2.32. The molecule has 1 atom stereocenters. The van der Waals surface area contributed by atoms with Crippen molar-refractivity contribution < 1.29 is 9.90 Å². The third-order valence-corrected chi connectivity index (χ3v) is 5.00. The van der Waals surface area contributed by atoms with E-state index in [9.17, 15) is 4.79 Å². The number of rotatable bonds is 5. The van der Waals surface area contributed by atoms with Crippen molar-refractivity contribution in [2.45, 2.75) is 51.0 Å². The van der Waals surface area contributed by atoms with Crippen LogP contribution in [0, 0.1) is 0 Å². The van der Waals surface area contributed by atoms with Crippen molar-refractivity contribution in [3.63, 3.8) is 0 Å². The predicted molar refractivity (Wildman–Crippen MR) is 77.0 cm³/mol. The van der Waals surface area contributed by atoms with Crippen LogP contribution in [0.2, 0.25) is 0 Å². The van der Waals surface area contributed by atoms with Gasteiger partial charge in [0, 0.05) is 23.9 Å². The first-order valence-corrected chi connectivity index (χ1v) is 7.85. The van der Waals surface area contributed by atoms with Gasteiger partial charge in [-0.2, -0.15) is 0 Å². The molecule has 0 radical (unpaired) electrons. The SMILES string of the molecule is CC(CN(C)C1CCCCC1)c1nc(C(=O)O)cs1. The molecule has 4 nitrogen and oxygen atoms in total. The van der Waals surface area contributed by atoms with Crippen molar-refractivity contribution >= 4 is 17.3 Å². The van der Waals surface area contributed by atoms with Crippen LogP contribution in [-0.2, 0) is 0 Å². The Balaban J connectivity index is 1.91. The Hall–Kier alpha value is -0.940. The number of aromatic nitrogens is 1. The second kappa shape index (κ2) is 6.48. The molecule has 1 heterocycles. The van der Waals surface area contributed by atoms with Crippen molar-refractivity contribution in [2.24, 2.45) is 0 Å². The van der Waals surface area contributed by atoms with Gasteiger partial charge in [-0.05, 0) is 19.9 Å². The molecule has 1 fully saturated rings. The van der Waals surface area contributed by atoms with Crippen LogP contribution >= 0.6 is 11.3 Å². The van der Waals surface area contributed by atoms with E-state index < -0.39 is 5.97 Å². The first kappa shape index (κ1) is 14.5. The molecule has 0 aromatic carbocycles. The zero-order valence-electron chi connectivity index (χ0n) is 11.6. The van der Waals surface area contributed by atoms with Gasteiger partial charge in [0.25, 0.3) is 0 Å². The number of nitrogens with zero attached hydrogens (tertiary/aromatic N) is 2. The van der Waals surface area contributed by atoms with Crippen molar-refractivity contribution in [3.05, 3.63) is 16.1 Å². The number of hydrogen-bond acceptors (Lipinski definition) is 4. The minimum atomic E-state index is -0.935. The summed E-state index contributed by atoms with van der Waals surface area (Å²) < 4.78 is 0. The summed E-state index contributed by atoms with van der Waals surface area (Å²) in [4.78, 5) is 17.5. The molecular formula is C14H22N2O2S. The van der Waals surface area contributed by atoms with Crippen LogP contribution in [0.4, 0.5) is 0 Å². The molecule has 1 saturated carbocycles. The van der Waals surface area contributed by atoms with Crippen molar-refractivity contribution in [2.75, 3.05) is 13.6 Å². The molecule has 0 saturated heterocycles. The fraction of sp³-hybridized carbons (Fsp3) is 0.714. The molecule has 1 unspecified atom stereocenters. The van der Waals surface area contributed by atoms with Crippen LogP contribution in [0.3, 0.4) is 0 Å². The van der Waals surface area contributed by atoms with E-state index in [0.29, 0.717) is 12.0 Å². The van der Waals surface area contributed by atoms with E-state index in [-0.39, 0.29) is 5.69 Å². The predicted octanol–water partition coefficient (Wildman–Crippen LogP) is 3.21. The summed E-state index contributed by atoms with van der Waals surface area (Å²) in [5.41, 5.74) is 0.173. The van der Waals surface area contributed by atoms with E-state index in [2.05, 4.69) is 23.9 Å². The zero-order valence-corrected chi connectivity index (χ0v) is 12.4. The van der Waals surface area contributed by atoms with Crippen LogP contribution in [0.5, 0.6) is 0 Å².